The van der Waals surface area contributed by atoms with E-state index in [0.717, 1.165) is 11.5 Å². The molecule has 0 bridgehead atoms. The predicted molar refractivity (Wildman–Crippen MR) is 118 cm³/mol. The van der Waals surface area contributed by atoms with E-state index in [2.05, 4.69) is 104 Å². The van der Waals surface area contributed by atoms with Crippen LogP contribution >= 0.6 is 7.26 Å². The molecule has 0 aliphatic rings. The van der Waals surface area contributed by atoms with Gasteiger partial charge in [-0.25, -0.2) is 0 Å². The Morgan fingerprint density at radius 2 is 1.11 bits per heavy atom. The Morgan fingerprint density at radius 3 is 1.54 bits per heavy atom. The van der Waals surface area contributed by atoms with Crippen molar-refractivity contribution in [1.29, 1.82) is 0 Å². The fourth-order valence-electron chi connectivity index (χ4n) is 3.81. The zero-order valence-corrected chi connectivity index (χ0v) is 18.8. The summed E-state index contributed by atoms with van der Waals surface area (Å²) in [6.45, 7) is 6.32. The monoisotopic (exact) mass is 450 g/mol. The number of hydrogen-bond donors (Lipinski definition) is 1. The number of benzene rings is 3. The van der Waals surface area contributed by atoms with E-state index < -0.39 is 7.26 Å². The third-order valence-corrected chi connectivity index (χ3v) is 9.29. The number of aryl methyl sites for hydroxylation is 3. The van der Waals surface area contributed by atoms with Crippen LogP contribution in [0.1, 0.15) is 17.1 Å². The second-order valence-corrected chi connectivity index (χ2v) is 10.3. The molecule has 1 heterocycles. The minimum Gasteiger partial charge on any atom is -1.00 e. The molecule has 0 saturated heterocycles. The fraction of sp³-hybridized carbons (Fsp3) is 0.125. The Balaban J connectivity index is 0.00000225. The SMILES string of the molecule is Cc1ccc([P+](c2ccccc2)(c2ccccc2)c2nc(C)[nH]c2C)cc1.[Br-]. The number of H-pyrrole nitrogens is 1. The summed E-state index contributed by atoms with van der Waals surface area (Å²) in [6.07, 6.45) is 0. The highest BCUT2D eigenvalue weighted by Crippen LogP contribution is 2.54. The van der Waals surface area contributed by atoms with Gasteiger partial charge in [-0.15, -0.1) is 0 Å². The van der Waals surface area contributed by atoms with Crippen molar-refractivity contribution in [2.24, 2.45) is 0 Å². The van der Waals surface area contributed by atoms with Crippen LogP contribution in [0.3, 0.4) is 0 Å². The lowest BCUT2D eigenvalue weighted by atomic mass is 10.2. The second-order valence-electron chi connectivity index (χ2n) is 6.95. The summed E-state index contributed by atoms with van der Waals surface area (Å²) in [5, 5.41) is 3.99. The van der Waals surface area contributed by atoms with E-state index in [1.165, 1.54) is 26.9 Å². The number of rotatable bonds is 4. The lowest BCUT2D eigenvalue weighted by Crippen LogP contribution is -3.00. The lowest BCUT2D eigenvalue weighted by molar-refractivity contribution is -0.00000567. The first-order valence-corrected chi connectivity index (χ1v) is 11.0. The predicted octanol–water partition coefficient (Wildman–Crippen LogP) is 0.958. The molecule has 0 atom stereocenters. The lowest BCUT2D eigenvalue weighted by Gasteiger charge is -2.26. The summed E-state index contributed by atoms with van der Waals surface area (Å²) in [6, 6.07) is 30.7. The highest BCUT2D eigenvalue weighted by Gasteiger charge is 2.51. The van der Waals surface area contributed by atoms with E-state index in [-0.39, 0.29) is 17.0 Å². The van der Waals surface area contributed by atoms with Crippen molar-refractivity contribution >= 4 is 28.6 Å². The van der Waals surface area contributed by atoms with Gasteiger partial charge in [0.2, 0.25) is 5.44 Å². The maximum absolute atomic E-state index is 5.03. The van der Waals surface area contributed by atoms with Crippen molar-refractivity contribution in [3.05, 3.63) is 102 Å². The molecule has 2 nitrogen and oxygen atoms in total. The van der Waals surface area contributed by atoms with Gasteiger partial charge in [-0.3, -0.25) is 0 Å². The summed E-state index contributed by atoms with van der Waals surface area (Å²) in [7, 11) is -2.08. The van der Waals surface area contributed by atoms with Crippen LogP contribution in [-0.2, 0) is 0 Å². The van der Waals surface area contributed by atoms with Gasteiger partial charge < -0.3 is 22.0 Å². The Hall–Kier alpha value is -2.22. The zero-order valence-electron chi connectivity index (χ0n) is 16.4. The van der Waals surface area contributed by atoms with Crippen LogP contribution < -0.4 is 38.3 Å². The van der Waals surface area contributed by atoms with Crippen molar-refractivity contribution in [2.45, 2.75) is 20.8 Å². The summed E-state index contributed by atoms with van der Waals surface area (Å²) >= 11 is 0. The molecular formula is C24H24BrN2P. The molecule has 1 N–H and O–H groups in total. The Kier molecular flexibility index (Phi) is 6.17. The molecule has 0 aliphatic carbocycles. The van der Waals surface area contributed by atoms with Crippen molar-refractivity contribution in [1.82, 2.24) is 9.97 Å². The first-order valence-electron chi connectivity index (χ1n) is 9.23. The smallest absolute Gasteiger partial charge is 0.218 e. The second kappa shape index (κ2) is 8.43. The third-order valence-electron chi connectivity index (χ3n) is 5.00. The summed E-state index contributed by atoms with van der Waals surface area (Å²) < 4.78 is 0. The van der Waals surface area contributed by atoms with E-state index in [1.54, 1.807) is 0 Å². The Bertz CT molecular complexity index is 1000. The summed E-state index contributed by atoms with van der Waals surface area (Å²) in [5.74, 6) is 0.964. The maximum atomic E-state index is 5.03. The standard InChI is InChI=1S/C24H24N2P.BrH/c1-18-14-16-23(17-15-18)27(21-10-6-4-7-11-21,22-12-8-5-9-13-22)24-19(2)25-20(3)26-24;/h4-17H,1-3H3,(H,25,26);1H/q+1;/p-1. The van der Waals surface area contributed by atoms with Crippen LogP contribution in [0.15, 0.2) is 84.9 Å². The zero-order chi connectivity index (χ0) is 18.9. The van der Waals surface area contributed by atoms with Gasteiger partial charge in [0.05, 0.1) is 5.69 Å². The first kappa shape index (κ1) is 20.5. The van der Waals surface area contributed by atoms with Gasteiger partial charge in [-0.05, 0) is 57.2 Å². The minimum atomic E-state index is -2.08. The molecule has 0 unspecified atom stereocenters. The number of halogens is 1. The molecule has 0 fully saturated rings. The van der Waals surface area contributed by atoms with Crippen molar-refractivity contribution in [3.63, 3.8) is 0 Å². The van der Waals surface area contributed by atoms with Crippen molar-refractivity contribution in [2.75, 3.05) is 0 Å². The van der Waals surface area contributed by atoms with Gasteiger partial charge in [0.1, 0.15) is 21.7 Å². The number of hydrogen-bond acceptors (Lipinski definition) is 1. The molecule has 0 amide bonds. The van der Waals surface area contributed by atoms with Crippen LogP contribution in [-0.4, -0.2) is 9.97 Å². The van der Waals surface area contributed by atoms with Crippen LogP contribution in [0, 0.1) is 20.8 Å². The fourth-order valence-corrected chi connectivity index (χ4v) is 8.13. The minimum absolute atomic E-state index is 0. The molecule has 142 valence electrons. The molecule has 0 radical (unpaired) electrons. The molecule has 0 saturated carbocycles. The van der Waals surface area contributed by atoms with Gasteiger partial charge in [0.15, 0.2) is 7.26 Å². The number of nitrogens with zero attached hydrogens (tertiary/aromatic N) is 1. The van der Waals surface area contributed by atoms with E-state index in [1.807, 2.05) is 6.92 Å². The van der Waals surface area contributed by atoms with Crippen molar-refractivity contribution < 1.29 is 17.0 Å². The topological polar surface area (TPSA) is 28.7 Å². The van der Waals surface area contributed by atoms with E-state index >= 15 is 0 Å². The van der Waals surface area contributed by atoms with Crippen molar-refractivity contribution in [3.8, 4) is 0 Å². The summed E-state index contributed by atoms with van der Waals surface area (Å²) in [4.78, 5) is 8.48. The number of imidazole rings is 1. The van der Waals surface area contributed by atoms with Gasteiger partial charge >= 0.3 is 0 Å². The molecule has 1 aromatic heterocycles. The normalized spacial score (nSPS) is 11.1. The molecule has 0 aliphatic heterocycles. The number of aromatic amines is 1. The highest BCUT2D eigenvalue weighted by molar-refractivity contribution is 8.01. The van der Waals surface area contributed by atoms with Gasteiger partial charge in [-0.2, -0.15) is 4.98 Å². The molecule has 4 rings (SSSR count). The molecule has 3 aromatic carbocycles. The quantitative estimate of drug-likeness (QED) is 0.461. The molecule has 4 aromatic rings. The first-order chi connectivity index (χ1) is 13.1. The Labute approximate surface area is 178 Å². The average Bonchev–Trinajstić information content (AvgIpc) is 3.04. The van der Waals surface area contributed by atoms with E-state index in [4.69, 9.17) is 4.98 Å². The molecule has 4 heteroatoms. The van der Waals surface area contributed by atoms with Gasteiger partial charge in [0, 0.05) is 0 Å². The highest BCUT2D eigenvalue weighted by atomic mass is 79.9. The average molecular weight is 451 g/mol. The number of aromatic nitrogens is 2. The largest absolute Gasteiger partial charge is 1.00 e. The third kappa shape index (κ3) is 3.45. The van der Waals surface area contributed by atoms with Crippen LogP contribution in [0.4, 0.5) is 0 Å². The van der Waals surface area contributed by atoms with Crippen LogP contribution in [0.5, 0.6) is 0 Å². The molecule has 0 spiro atoms. The Morgan fingerprint density at radius 1 is 0.643 bits per heavy atom. The van der Waals surface area contributed by atoms with Gasteiger partial charge in [0.25, 0.3) is 0 Å². The van der Waals surface area contributed by atoms with E-state index in [9.17, 15) is 0 Å². The number of nitrogens with one attached hydrogen (secondary N) is 1. The van der Waals surface area contributed by atoms with Crippen LogP contribution in [0.2, 0.25) is 0 Å². The summed E-state index contributed by atoms with van der Waals surface area (Å²) in [5.41, 5.74) is 3.59. The molecular weight excluding hydrogens is 427 g/mol. The van der Waals surface area contributed by atoms with Crippen LogP contribution in [0.25, 0.3) is 0 Å². The van der Waals surface area contributed by atoms with E-state index in [0.29, 0.717) is 0 Å². The van der Waals surface area contributed by atoms with Gasteiger partial charge in [-0.1, -0.05) is 54.1 Å². The maximum Gasteiger partial charge on any atom is 0.218 e. The molecule has 28 heavy (non-hydrogen) atoms.